The van der Waals surface area contributed by atoms with Crippen molar-refractivity contribution in [3.05, 3.63) is 53.6 Å². The fourth-order valence-corrected chi connectivity index (χ4v) is 7.19. The summed E-state index contributed by atoms with van der Waals surface area (Å²) in [5, 5.41) is 13.7. The highest BCUT2D eigenvalue weighted by molar-refractivity contribution is 5.40. The second kappa shape index (κ2) is 10.2. The van der Waals surface area contributed by atoms with Crippen molar-refractivity contribution in [2.24, 2.45) is 17.8 Å². The minimum atomic E-state index is -0.560. The molecule has 6 rings (SSSR count). The van der Waals surface area contributed by atoms with Crippen molar-refractivity contribution < 1.29 is 19.3 Å². The summed E-state index contributed by atoms with van der Waals surface area (Å²) in [6.45, 7) is 1.50. The van der Waals surface area contributed by atoms with Crippen molar-refractivity contribution in [1.29, 1.82) is 0 Å². The summed E-state index contributed by atoms with van der Waals surface area (Å²) >= 11 is 0. The predicted octanol–water partition coefficient (Wildman–Crippen LogP) is 4.74. The van der Waals surface area contributed by atoms with Gasteiger partial charge in [-0.25, -0.2) is 0 Å². The number of aliphatic hydroxyl groups is 1. The number of ether oxygens (including phenoxy) is 3. The average Bonchev–Trinajstić information content (AvgIpc) is 2.84. The van der Waals surface area contributed by atoms with Crippen LogP contribution < -0.4 is 19.5 Å². The lowest BCUT2D eigenvalue weighted by atomic mass is 9.48. The third kappa shape index (κ3) is 5.06. The molecule has 0 spiro atoms. The zero-order valence-electron chi connectivity index (χ0n) is 20.6. The molecule has 4 saturated carbocycles. The Balaban J connectivity index is 1.06. The molecule has 0 radical (unpaired) electrons. The van der Waals surface area contributed by atoms with Gasteiger partial charge in [0.2, 0.25) is 0 Å². The van der Waals surface area contributed by atoms with Gasteiger partial charge in [0.05, 0.1) is 14.2 Å². The zero-order valence-corrected chi connectivity index (χ0v) is 20.6. The molecule has 1 unspecified atom stereocenters. The van der Waals surface area contributed by atoms with Gasteiger partial charge in [0.15, 0.2) is 0 Å². The van der Waals surface area contributed by atoms with Crippen LogP contribution in [0.5, 0.6) is 17.2 Å². The number of hydrogen-bond donors (Lipinski definition) is 2. The third-order valence-electron chi connectivity index (χ3n) is 8.39. The van der Waals surface area contributed by atoms with Crippen LogP contribution in [0.25, 0.3) is 0 Å². The quantitative estimate of drug-likeness (QED) is 0.469. The van der Waals surface area contributed by atoms with E-state index < -0.39 is 6.10 Å². The van der Waals surface area contributed by atoms with Gasteiger partial charge in [-0.05, 0) is 116 Å². The lowest BCUT2D eigenvalue weighted by Gasteiger charge is -2.57. The Morgan fingerprint density at radius 2 is 1.56 bits per heavy atom. The largest absolute Gasteiger partial charge is 0.497 e. The summed E-state index contributed by atoms with van der Waals surface area (Å²) < 4.78 is 16.6. The molecule has 5 nitrogen and oxygen atoms in total. The minimum absolute atomic E-state index is 0.284. The molecule has 4 bridgehead atoms. The van der Waals surface area contributed by atoms with Gasteiger partial charge in [0.1, 0.15) is 30.0 Å². The summed E-state index contributed by atoms with van der Waals surface area (Å²) in [5.74, 6) is 5.37. The molecule has 2 aromatic rings. The standard InChI is InChI=1S/C29H39NO4/c1-32-27-7-8-28(33-2)23(14-27)9-10-30-18-25(31)19-34-26-5-3-24(4-6-26)29-15-20-11-21(16-29)13-22(12-20)17-29/h3-8,14,20-22,25,30-31H,9-13,15-19H2,1-2H3. The molecule has 0 amide bonds. The molecule has 4 aliphatic carbocycles. The number of aliphatic hydroxyl groups excluding tert-OH is 1. The highest BCUT2D eigenvalue weighted by atomic mass is 16.5. The van der Waals surface area contributed by atoms with Gasteiger partial charge in [0.25, 0.3) is 0 Å². The summed E-state index contributed by atoms with van der Waals surface area (Å²) in [6.07, 6.45) is 8.79. The molecule has 2 aromatic carbocycles. The number of rotatable bonds is 11. The smallest absolute Gasteiger partial charge is 0.122 e. The van der Waals surface area contributed by atoms with Crippen molar-refractivity contribution in [1.82, 2.24) is 5.32 Å². The van der Waals surface area contributed by atoms with E-state index >= 15 is 0 Å². The van der Waals surface area contributed by atoms with Crippen LogP contribution in [-0.2, 0) is 11.8 Å². The molecule has 0 aliphatic heterocycles. The van der Waals surface area contributed by atoms with Gasteiger partial charge in [-0.3, -0.25) is 0 Å². The molecule has 5 heteroatoms. The van der Waals surface area contributed by atoms with Crippen LogP contribution in [-0.4, -0.2) is 45.1 Å². The summed E-state index contributed by atoms with van der Waals surface area (Å²) in [4.78, 5) is 0. The van der Waals surface area contributed by atoms with E-state index in [9.17, 15) is 5.11 Å². The van der Waals surface area contributed by atoms with Gasteiger partial charge >= 0.3 is 0 Å². The first-order chi connectivity index (χ1) is 16.6. The normalized spacial score (nSPS) is 28.0. The number of methoxy groups -OCH3 is 2. The van der Waals surface area contributed by atoms with E-state index in [1.807, 2.05) is 18.2 Å². The number of hydrogen-bond acceptors (Lipinski definition) is 5. The third-order valence-corrected chi connectivity index (χ3v) is 8.39. The highest BCUT2D eigenvalue weighted by Gasteiger charge is 2.51. The van der Waals surface area contributed by atoms with Crippen molar-refractivity contribution >= 4 is 0 Å². The van der Waals surface area contributed by atoms with E-state index in [2.05, 4.69) is 29.6 Å². The molecular formula is C29H39NO4. The maximum absolute atomic E-state index is 10.4. The van der Waals surface area contributed by atoms with E-state index in [1.165, 1.54) is 44.1 Å². The fourth-order valence-electron chi connectivity index (χ4n) is 7.19. The molecule has 2 N–H and O–H groups in total. The first-order valence-electron chi connectivity index (χ1n) is 12.9. The molecule has 1 atom stereocenters. The predicted molar refractivity (Wildman–Crippen MR) is 134 cm³/mol. The molecule has 0 heterocycles. The van der Waals surface area contributed by atoms with E-state index in [0.29, 0.717) is 12.0 Å². The number of nitrogens with one attached hydrogen (secondary N) is 1. The Bertz CT molecular complexity index is 922. The van der Waals surface area contributed by atoms with Crippen LogP contribution in [0.3, 0.4) is 0 Å². The second-order valence-corrected chi connectivity index (χ2v) is 10.8. The maximum Gasteiger partial charge on any atom is 0.122 e. The van der Waals surface area contributed by atoms with Crippen molar-refractivity contribution in [3.8, 4) is 17.2 Å². The van der Waals surface area contributed by atoms with E-state index in [4.69, 9.17) is 14.2 Å². The van der Waals surface area contributed by atoms with Crippen molar-refractivity contribution in [3.63, 3.8) is 0 Å². The SMILES string of the molecule is COc1ccc(OC)c(CCNCC(O)COc2ccc(C34CC5CC(CC(C5)C3)C4)cc2)c1. The zero-order chi connectivity index (χ0) is 23.5. The van der Waals surface area contributed by atoms with E-state index in [1.54, 1.807) is 14.2 Å². The van der Waals surface area contributed by atoms with Crippen LogP contribution in [0.15, 0.2) is 42.5 Å². The molecule has 0 aromatic heterocycles. The van der Waals surface area contributed by atoms with Crippen LogP contribution in [0.2, 0.25) is 0 Å². The van der Waals surface area contributed by atoms with Crippen LogP contribution in [0.4, 0.5) is 0 Å². The van der Waals surface area contributed by atoms with Gasteiger partial charge in [0, 0.05) is 6.54 Å². The highest BCUT2D eigenvalue weighted by Crippen LogP contribution is 2.60. The van der Waals surface area contributed by atoms with E-state index in [0.717, 1.165) is 53.5 Å². The Morgan fingerprint density at radius 1 is 0.912 bits per heavy atom. The fraction of sp³-hybridized carbons (Fsp3) is 0.586. The Kier molecular flexibility index (Phi) is 7.03. The first-order valence-corrected chi connectivity index (χ1v) is 12.9. The average molecular weight is 466 g/mol. The molecule has 34 heavy (non-hydrogen) atoms. The van der Waals surface area contributed by atoms with Gasteiger partial charge in [-0.2, -0.15) is 0 Å². The van der Waals surface area contributed by atoms with Gasteiger partial charge < -0.3 is 24.6 Å². The van der Waals surface area contributed by atoms with Crippen molar-refractivity contribution in [2.75, 3.05) is 33.9 Å². The van der Waals surface area contributed by atoms with Crippen LogP contribution in [0, 0.1) is 17.8 Å². The summed E-state index contributed by atoms with van der Waals surface area (Å²) in [6, 6.07) is 14.6. The summed E-state index contributed by atoms with van der Waals surface area (Å²) in [7, 11) is 3.34. The summed E-state index contributed by atoms with van der Waals surface area (Å²) in [5.41, 5.74) is 3.01. The Labute approximate surface area is 203 Å². The maximum atomic E-state index is 10.4. The minimum Gasteiger partial charge on any atom is -0.497 e. The van der Waals surface area contributed by atoms with Crippen LogP contribution in [0.1, 0.15) is 49.7 Å². The number of benzene rings is 2. The molecule has 4 aliphatic rings. The monoisotopic (exact) mass is 465 g/mol. The topological polar surface area (TPSA) is 60.0 Å². The lowest BCUT2D eigenvalue weighted by Crippen LogP contribution is -2.48. The lowest BCUT2D eigenvalue weighted by molar-refractivity contribution is -0.00521. The molecular weight excluding hydrogens is 426 g/mol. The Hall–Kier alpha value is -2.24. The van der Waals surface area contributed by atoms with Gasteiger partial charge in [-0.15, -0.1) is 0 Å². The first kappa shape index (κ1) is 23.5. The molecule has 4 fully saturated rings. The Morgan fingerprint density at radius 3 is 2.18 bits per heavy atom. The molecule has 0 saturated heterocycles. The van der Waals surface area contributed by atoms with E-state index in [-0.39, 0.29) is 6.61 Å². The molecule has 184 valence electrons. The van der Waals surface area contributed by atoms with Crippen LogP contribution >= 0.6 is 0 Å². The van der Waals surface area contributed by atoms with Crippen molar-refractivity contribution in [2.45, 2.75) is 56.5 Å². The second-order valence-electron chi connectivity index (χ2n) is 10.8. The van der Waals surface area contributed by atoms with Gasteiger partial charge in [-0.1, -0.05) is 12.1 Å².